The molecule has 0 radical (unpaired) electrons. The highest BCUT2D eigenvalue weighted by atomic mass is 32.1. The third-order valence-corrected chi connectivity index (χ3v) is 4.83. The van der Waals surface area contributed by atoms with Crippen molar-refractivity contribution in [3.8, 4) is 5.75 Å². The average molecular weight is 359 g/mol. The van der Waals surface area contributed by atoms with Crippen molar-refractivity contribution in [2.75, 3.05) is 39.2 Å². The van der Waals surface area contributed by atoms with Crippen LogP contribution in [0.15, 0.2) is 41.0 Å². The van der Waals surface area contributed by atoms with Crippen LogP contribution in [0.2, 0.25) is 0 Å². The maximum Gasteiger partial charge on any atom is 0.295 e. The van der Waals surface area contributed by atoms with Crippen LogP contribution in [-0.4, -0.2) is 50.1 Å². The van der Waals surface area contributed by atoms with Crippen LogP contribution in [0.3, 0.4) is 0 Å². The van der Waals surface area contributed by atoms with E-state index in [1.807, 2.05) is 32.3 Å². The molecule has 2 heterocycles. The molecule has 0 atom stereocenters. The number of aromatic nitrogens is 1. The lowest BCUT2D eigenvalue weighted by molar-refractivity contribution is 0.0959. The third-order valence-electron chi connectivity index (χ3n) is 3.79. The summed E-state index contributed by atoms with van der Waals surface area (Å²) < 4.78 is 11.7. The molecule has 25 heavy (non-hydrogen) atoms. The summed E-state index contributed by atoms with van der Waals surface area (Å²) in [6, 6.07) is 9.17. The van der Waals surface area contributed by atoms with Crippen LogP contribution in [-0.2, 0) is 0 Å². The molecule has 0 aliphatic heterocycles. The van der Waals surface area contributed by atoms with Gasteiger partial charge in [0.15, 0.2) is 10.9 Å². The second-order valence-electron chi connectivity index (χ2n) is 5.89. The van der Waals surface area contributed by atoms with Crippen molar-refractivity contribution in [2.24, 2.45) is 0 Å². The van der Waals surface area contributed by atoms with Crippen molar-refractivity contribution in [1.82, 2.24) is 9.88 Å². The number of carbonyl (C=O) groups is 1. The zero-order valence-corrected chi connectivity index (χ0v) is 15.4. The van der Waals surface area contributed by atoms with Gasteiger partial charge in [-0.05, 0) is 51.3 Å². The lowest BCUT2D eigenvalue weighted by Gasteiger charge is -2.19. The zero-order valence-electron chi connectivity index (χ0n) is 14.6. The smallest absolute Gasteiger partial charge is 0.295 e. The molecule has 0 unspecified atom stereocenters. The van der Waals surface area contributed by atoms with Gasteiger partial charge in [-0.1, -0.05) is 17.4 Å². The van der Waals surface area contributed by atoms with E-state index in [1.54, 1.807) is 24.1 Å². The molecule has 7 heteroatoms. The Labute approximate surface area is 150 Å². The summed E-state index contributed by atoms with van der Waals surface area (Å²) in [5.74, 6) is 0.844. The highest BCUT2D eigenvalue weighted by molar-refractivity contribution is 7.22. The second-order valence-corrected chi connectivity index (χ2v) is 6.90. The van der Waals surface area contributed by atoms with Crippen LogP contribution >= 0.6 is 11.3 Å². The molecule has 0 N–H and O–H groups in total. The predicted molar refractivity (Wildman–Crippen MR) is 99.7 cm³/mol. The Bertz CT molecular complexity index is 843. The standard InChI is InChI=1S/C18H21N3O3S/c1-20(2)10-6-11-21(17(22)14-8-5-12-24-14)18-19-16-13(23-3)7-4-9-15(16)25-18/h4-5,7-9,12H,6,10-11H2,1-3H3. The number of nitrogens with zero attached hydrogens (tertiary/aromatic N) is 3. The number of ether oxygens (including phenoxy) is 1. The molecule has 0 saturated carbocycles. The fraction of sp³-hybridized carbons (Fsp3) is 0.333. The summed E-state index contributed by atoms with van der Waals surface area (Å²) in [5.41, 5.74) is 0.773. The number of anilines is 1. The summed E-state index contributed by atoms with van der Waals surface area (Å²) in [6.45, 7) is 1.45. The number of methoxy groups -OCH3 is 1. The third kappa shape index (κ3) is 3.83. The second kappa shape index (κ2) is 7.67. The summed E-state index contributed by atoms with van der Waals surface area (Å²) in [4.78, 5) is 21.3. The van der Waals surface area contributed by atoms with Crippen LogP contribution in [0.4, 0.5) is 5.13 Å². The molecule has 0 spiro atoms. The molecule has 6 nitrogen and oxygen atoms in total. The summed E-state index contributed by atoms with van der Waals surface area (Å²) in [6.07, 6.45) is 2.35. The SMILES string of the molecule is COc1cccc2sc(N(CCCN(C)C)C(=O)c3ccco3)nc12. The molecule has 0 saturated heterocycles. The van der Waals surface area contributed by atoms with Crippen LogP contribution in [0.1, 0.15) is 17.0 Å². The van der Waals surface area contributed by atoms with Gasteiger partial charge in [-0.25, -0.2) is 4.98 Å². The molecule has 3 rings (SSSR count). The van der Waals surface area contributed by atoms with Gasteiger partial charge in [0.1, 0.15) is 11.3 Å². The maximum absolute atomic E-state index is 12.9. The van der Waals surface area contributed by atoms with E-state index in [-0.39, 0.29) is 5.91 Å². The van der Waals surface area contributed by atoms with E-state index in [4.69, 9.17) is 9.15 Å². The van der Waals surface area contributed by atoms with Crippen LogP contribution in [0.25, 0.3) is 10.2 Å². The van der Waals surface area contributed by atoms with Crippen molar-refractivity contribution in [1.29, 1.82) is 0 Å². The Morgan fingerprint density at radius 3 is 2.76 bits per heavy atom. The molecule has 3 aromatic rings. The number of hydrogen-bond acceptors (Lipinski definition) is 6. The summed E-state index contributed by atoms with van der Waals surface area (Å²) in [7, 11) is 5.65. The van der Waals surface area contributed by atoms with Crippen molar-refractivity contribution in [3.05, 3.63) is 42.4 Å². The Hall–Kier alpha value is -2.38. The van der Waals surface area contributed by atoms with E-state index in [0.717, 1.165) is 23.2 Å². The molecular formula is C18H21N3O3S. The fourth-order valence-electron chi connectivity index (χ4n) is 2.55. The topological polar surface area (TPSA) is 58.8 Å². The van der Waals surface area contributed by atoms with Crippen molar-refractivity contribution >= 4 is 32.6 Å². The molecule has 0 aliphatic rings. The van der Waals surface area contributed by atoms with E-state index in [0.29, 0.717) is 23.2 Å². The molecule has 0 fully saturated rings. The normalized spacial score (nSPS) is 11.2. The number of fused-ring (bicyclic) bond motifs is 1. The van der Waals surface area contributed by atoms with Gasteiger partial charge < -0.3 is 14.1 Å². The van der Waals surface area contributed by atoms with E-state index in [9.17, 15) is 4.79 Å². The minimum absolute atomic E-state index is 0.179. The number of hydrogen-bond donors (Lipinski definition) is 0. The molecule has 2 aromatic heterocycles. The minimum Gasteiger partial charge on any atom is -0.494 e. The summed E-state index contributed by atoms with van der Waals surface area (Å²) in [5, 5.41) is 0.652. The number of rotatable bonds is 7. The highest BCUT2D eigenvalue weighted by Crippen LogP contribution is 2.34. The number of para-hydroxylation sites is 1. The predicted octanol–water partition coefficient (Wildman–Crippen LogP) is 3.50. The van der Waals surface area contributed by atoms with Crippen molar-refractivity contribution < 1.29 is 13.9 Å². The number of amides is 1. The Morgan fingerprint density at radius 2 is 2.08 bits per heavy atom. The lowest BCUT2D eigenvalue weighted by atomic mass is 10.3. The first-order valence-corrected chi connectivity index (χ1v) is 8.85. The molecule has 0 aliphatic carbocycles. The monoisotopic (exact) mass is 359 g/mol. The molecule has 132 valence electrons. The molecule has 1 amide bonds. The Morgan fingerprint density at radius 1 is 1.24 bits per heavy atom. The quantitative estimate of drug-likeness (QED) is 0.646. The molecule has 1 aromatic carbocycles. The van der Waals surface area contributed by atoms with Gasteiger partial charge in [0.2, 0.25) is 0 Å². The first-order valence-electron chi connectivity index (χ1n) is 8.04. The maximum atomic E-state index is 12.9. The first-order chi connectivity index (χ1) is 12.1. The van der Waals surface area contributed by atoms with Crippen LogP contribution in [0, 0.1) is 0 Å². The van der Waals surface area contributed by atoms with Crippen LogP contribution in [0.5, 0.6) is 5.75 Å². The van der Waals surface area contributed by atoms with Gasteiger partial charge >= 0.3 is 0 Å². The number of furan rings is 1. The minimum atomic E-state index is -0.179. The lowest BCUT2D eigenvalue weighted by Crippen LogP contribution is -2.33. The van der Waals surface area contributed by atoms with Gasteiger partial charge in [-0.3, -0.25) is 9.69 Å². The van der Waals surface area contributed by atoms with Gasteiger partial charge in [-0.2, -0.15) is 0 Å². The van der Waals surface area contributed by atoms with E-state index in [2.05, 4.69) is 9.88 Å². The van der Waals surface area contributed by atoms with Gasteiger partial charge in [0.25, 0.3) is 5.91 Å². The highest BCUT2D eigenvalue weighted by Gasteiger charge is 2.23. The van der Waals surface area contributed by atoms with Gasteiger partial charge in [0, 0.05) is 6.54 Å². The number of thiazole rings is 1. The Balaban J connectivity index is 1.94. The van der Waals surface area contributed by atoms with Crippen molar-refractivity contribution in [2.45, 2.75) is 6.42 Å². The first kappa shape index (κ1) is 17.4. The van der Waals surface area contributed by atoms with E-state index in [1.165, 1.54) is 17.6 Å². The fourth-order valence-corrected chi connectivity index (χ4v) is 3.56. The van der Waals surface area contributed by atoms with Crippen LogP contribution < -0.4 is 9.64 Å². The summed E-state index contributed by atoms with van der Waals surface area (Å²) >= 11 is 1.48. The van der Waals surface area contributed by atoms with Gasteiger partial charge in [-0.15, -0.1) is 0 Å². The number of benzene rings is 1. The zero-order chi connectivity index (χ0) is 17.8. The molecule has 0 bridgehead atoms. The van der Waals surface area contributed by atoms with E-state index < -0.39 is 0 Å². The van der Waals surface area contributed by atoms with E-state index >= 15 is 0 Å². The average Bonchev–Trinajstić information content (AvgIpc) is 3.26. The Kier molecular flexibility index (Phi) is 5.35. The van der Waals surface area contributed by atoms with Crippen molar-refractivity contribution in [3.63, 3.8) is 0 Å². The number of carbonyl (C=O) groups excluding carboxylic acids is 1. The van der Waals surface area contributed by atoms with Gasteiger partial charge in [0.05, 0.1) is 18.1 Å². The largest absolute Gasteiger partial charge is 0.494 e. The molecular weight excluding hydrogens is 338 g/mol.